The van der Waals surface area contributed by atoms with Crippen molar-refractivity contribution in [2.24, 2.45) is 0 Å². The van der Waals surface area contributed by atoms with Gasteiger partial charge >= 0.3 is 6.18 Å². The molecule has 0 saturated heterocycles. The molecule has 0 unspecified atom stereocenters. The van der Waals surface area contributed by atoms with Crippen LogP contribution >= 0.6 is 0 Å². The third-order valence-electron chi connectivity index (χ3n) is 4.27. The van der Waals surface area contributed by atoms with Crippen molar-refractivity contribution in [3.05, 3.63) is 81.4 Å². The van der Waals surface area contributed by atoms with Crippen molar-refractivity contribution in [2.75, 3.05) is 5.32 Å². The molecule has 3 rings (SSSR count). The van der Waals surface area contributed by atoms with Crippen molar-refractivity contribution in [3.63, 3.8) is 0 Å². The molecular weight excluding hydrogens is 409 g/mol. The van der Waals surface area contributed by atoms with Crippen LogP contribution in [0, 0.1) is 11.6 Å². The van der Waals surface area contributed by atoms with Crippen molar-refractivity contribution in [1.29, 1.82) is 0 Å². The Morgan fingerprint density at radius 3 is 2.40 bits per heavy atom. The average Bonchev–Trinajstić information content (AvgIpc) is 2.68. The van der Waals surface area contributed by atoms with Crippen molar-refractivity contribution in [2.45, 2.75) is 19.5 Å². The van der Waals surface area contributed by atoms with E-state index >= 15 is 0 Å². The fourth-order valence-electron chi connectivity index (χ4n) is 2.85. The van der Waals surface area contributed by atoms with Crippen LogP contribution in [0.25, 0.3) is 11.3 Å². The zero-order valence-corrected chi connectivity index (χ0v) is 15.4. The van der Waals surface area contributed by atoms with Gasteiger partial charge in [-0.15, -0.1) is 0 Å². The van der Waals surface area contributed by atoms with E-state index in [2.05, 4.69) is 15.3 Å². The molecule has 0 saturated carbocycles. The first kappa shape index (κ1) is 21.2. The number of nitrogens with zero attached hydrogens (tertiary/aromatic N) is 1. The number of hydrogen-bond donors (Lipinski definition) is 2. The number of aromatic amines is 1. The number of amides is 1. The monoisotopic (exact) mass is 423 g/mol. The van der Waals surface area contributed by atoms with Gasteiger partial charge in [-0.1, -0.05) is 13.0 Å². The van der Waals surface area contributed by atoms with Gasteiger partial charge in [0, 0.05) is 18.5 Å². The Morgan fingerprint density at radius 1 is 1.17 bits per heavy atom. The Kier molecular flexibility index (Phi) is 5.68. The van der Waals surface area contributed by atoms with Gasteiger partial charge in [0.15, 0.2) is 0 Å². The van der Waals surface area contributed by atoms with E-state index < -0.39 is 51.7 Å². The summed E-state index contributed by atoms with van der Waals surface area (Å²) in [6, 6.07) is 4.35. The lowest BCUT2D eigenvalue weighted by atomic mass is 9.99. The van der Waals surface area contributed by atoms with E-state index in [1.54, 1.807) is 0 Å². The number of pyridine rings is 2. The first-order chi connectivity index (χ1) is 14.1. The minimum Gasteiger partial charge on any atom is -0.366 e. The quantitative estimate of drug-likeness (QED) is 0.605. The van der Waals surface area contributed by atoms with Crippen molar-refractivity contribution >= 4 is 11.6 Å². The molecule has 2 heterocycles. The van der Waals surface area contributed by atoms with Crippen LogP contribution in [0.2, 0.25) is 0 Å². The molecule has 3 aromatic rings. The van der Waals surface area contributed by atoms with Crippen LogP contribution in [0.4, 0.5) is 27.6 Å². The number of carbonyl (C=O) groups is 1. The second kappa shape index (κ2) is 8.05. The van der Waals surface area contributed by atoms with Gasteiger partial charge in [0.2, 0.25) is 5.43 Å². The molecule has 1 aromatic carbocycles. The smallest absolute Gasteiger partial charge is 0.366 e. The molecule has 0 radical (unpaired) electrons. The number of rotatable bonds is 4. The van der Waals surface area contributed by atoms with Gasteiger partial charge in [0.05, 0.1) is 16.8 Å². The largest absolute Gasteiger partial charge is 0.418 e. The van der Waals surface area contributed by atoms with Crippen molar-refractivity contribution in [3.8, 4) is 11.3 Å². The number of carbonyl (C=O) groups excluding carboxylic acids is 1. The van der Waals surface area contributed by atoms with Gasteiger partial charge in [-0.25, -0.2) is 13.8 Å². The Labute approximate surface area is 166 Å². The summed E-state index contributed by atoms with van der Waals surface area (Å²) >= 11 is 0. The summed E-state index contributed by atoms with van der Waals surface area (Å²) in [5.41, 5.74) is -4.73. The highest BCUT2D eigenvalue weighted by Gasteiger charge is 2.37. The Bertz CT molecular complexity index is 1150. The highest BCUT2D eigenvalue weighted by molar-refractivity contribution is 6.04. The first-order valence-corrected chi connectivity index (χ1v) is 8.67. The number of aromatic nitrogens is 2. The lowest BCUT2D eigenvalue weighted by Crippen LogP contribution is -2.22. The number of benzene rings is 1. The van der Waals surface area contributed by atoms with Crippen LogP contribution in [-0.2, 0) is 12.6 Å². The highest BCUT2D eigenvalue weighted by atomic mass is 19.4. The average molecular weight is 423 g/mol. The minimum absolute atomic E-state index is 0.0238. The SMILES string of the molecule is CCc1cc(C(F)(F)F)c(-c2c(F)cccc2F)nc1C(=O)Nc1c[nH]ccc1=O. The van der Waals surface area contributed by atoms with Crippen LogP contribution in [-0.4, -0.2) is 15.9 Å². The van der Waals surface area contributed by atoms with Gasteiger partial charge in [0.25, 0.3) is 5.91 Å². The van der Waals surface area contributed by atoms with Crippen molar-refractivity contribution < 1.29 is 26.7 Å². The molecule has 0 spiro atoms. The summed E-state index contributed by atoms with van der Waals surface area (Å²) in [5.74, 6) is -3.51. The van der Waals surface area contributed by atoms with E-state index in [0.717, 1.165) is 24.3 Å². The molecule has 156 valence electrons. The van der Waals surface area contributed by atoms with Gasteiger partial charge < -0.3 is 10.3 Å². The van der Waals surface area contributed by atoms with Gasteiger partial charge in [-0.2, -0.15) is 13.2 Å². The molecule has 1 amide bonds. The maximum atomic E-state index is 14.2. The molecule has 10 heteroatoms. The normalized spacial score (nSPS) is 11.4. The number of alkyl halides is 3. The predicted molar refractivity (Wildman–Crippen MR) is 99.0 cm³/mol. The maximum absolute atomic E-state index is 14.2. The standard InChI is InChI=1S/C20H14F5N3O2/c1-2-10-8-11(20(23,24)25)18(16-12(21)4-3-5-13(16)22)28-17(10)19(30)27-14-9-26-7-6-15(14)29/h3-9H,2H2,1H3,(H,26,29)(H,27,30). The summed E-state index contributed by atoms with van der Waals surface area (Å²) in [5, 5.41) is 2.25. The lowest BCUT2D eigenvalue weighted by Gasteiger charge is -2.17. The zero-order valence-electron chi connectivity index (χ0n) is 15.4. The molecule has 0 fully saturated rings. The molecule has 0 bridgehead atoms. The number of anilines is 1. The Hall–Kier alpha value is -3.56. The van der Waals surface area contributed by atoms with Crippen LogP contribution in [0.5, 0.6) is 0 Å². The zero-order chi connectivity index (χ0) is 22.1. The van der Waals surface area contributed by atoms with Crippen LogP contribution in [0.1, 0.15) is 28.5 Å². The summed E-state index contributed by atoms with van der Waals surface area (Å²) in [6.07, 6.45) is -2.49. The van der Waals surface area contributed by atoms with Gasteiger partial charge in [-0.3, -0.25) is 9.59 Å². The highest BCUT2D eigenvalue weighted by Crippen LogP contribution is 2.39. The fraction of sp³-hybridized carbons (Fsp3) is 0.150. The number of halogens is 5. The second-order valence-corrected chi connectivity index (χ2v) is 6.22. The topological polar surface area (TPSA) is 74.8 Å². The molecule has 0 aliphatic rings. The van der Waals surface area contributed by atoms with Crippen molar-refractivity contribution in [1.82, 2.24) is 9.97 Å². The fourth-order valence-corrected chi connectivity index (χ4v) is 2.85. The third-order valence-corrected chi connectivity index (χ3v) is 4.27. The summed E-state index contributed by atoms with van der Waals surface area (Å²) < 4.78 is 69.3. The Morgan fingerprint density at radius 2 is 1.83 bits per heavy atom. The maximum Gasteiger partial charge on any atom is 0.418 e. The Balaban J connectivity index is 2.23. The first-order valence-electron chi connectivity index (χ1n) is 8.67. The van der Waals surface area contributed by atoms with E-state index in [1.807, 2.05) is 0 Å². The molecular formula is C20H14F5N3O2. The molecule has 2 N–H and O–H groups in total. The van der Waals surface area contributed by atoms with E-state index in [1.165, 1.54) is 19.3 Å². The van der Waals surface area contributed by atoms with E-state index in [0.29, 0.717) is 6.07 Å². The summed E-state index contributed by atoms with van der Waals surface area (Å²) in [7, 11) is 0. The van der Waals surface area contributed by atoms with E-state index in [9.17, 15) is 31.5 Å². The molecule has 2 aromatic heterocycles. The molecule has 5 nitrogen and oxygen atoms in total. The number of aryl methyl sites for hydroxylation is 1. The number of hydrogen-bond acceptors (Lipinski definition) is 3. The van der Waals surface area contributed by atoms with Crippen LogP contribution < -0.4 is 10.7 Å². The number of H-pyrrole nitrogens is 1. The van der Waals surface area contributed by atoms with Gasteiger partial charge in [0.1, 0.15) is 23.0 Å². The van der Waals surface area contributed by atoms with E-state index in [-0.39, 0.29) is 17.7 Å². The second-order valence-electron chi connectivity index (χ2n) is 6.22. The summed E-state index contributed by atoms with van der Waals surface area (Å²) in [6.45, 7) is 1.49. The molecule has 0 aliphatic heterocycles. The third kappa shape index (κ3) is 4.07. The minimum atomic E-state index is -4.98. The van der Waals surface area contributed by atoms with Gasteiger partial charge in [-0.05, 0) is 30.2 Å². The van der Waals surface area contributed by atoms with Crippen LogP contribution in [0.15, 0.2) is 47.5 Å². The molecule has 0 atom stereocenters. The summed E-state index contributed by atoms with van der Waals surface area (Å²) in [4.78, 5) is 30.8. The number of nitrogens with one attached hydrogen (secondary N) is 2. The predicted octanol–water partition coefficient (Wildman–Crippen LogP) is 4.55. The lowest BCUT2D eigenvalue weighted by molar-refractivity contribution is -0.137. The molecule has 30 heavy (non-hydrogen) atoms. The van der Waals surface area contributed by atoms with E-state index in [4.69, 9.17) is 0 Å². The molecule has 0 aliphatic carbocycles. The van der Waals surface area contributed by atoms with Crippen LogP contribution in [0.3, 0.4) is 0 Å².